The van der Waals surface area contributed by atoms with Crippen molar-refractivity contribution in [2.45, 2.75) is 26.5 Å². The van der Waals surface area contributed by atoms with Crippen molar-refractivity contribution in [2.24, 2.45) is 0 Å². The van der Waals surface area contributed by atoms with Gasteiger partial charge in [0.2, 0.25) is 0 Å². The van der Waals surface area contributed by atoms with E-state index in [4.69, 9.17) is 16.3 Å². The molecule has 3 nitrogen and oxygen atoms in total. The quantitative estimate of drug-likeness (QED) is 0.756. The second kappa shape index (κ2) is 8.03. The molecule has 2 aromatic carbocycles. The predicted molar refractivity (Wildman–Crippen MR) is 85.9 cm³/mol. The van der Waals surface area contributed by atoms with E-state index in [-0.39, 0.29) is 6.61 Å². The lowest BCUT2D eigenvalue weighted by Gasteiger charge is -2.11. The second-order valence-corrected chi connectivity index (χ2v) is 5.21. The molecule has 0 aliphatic rings. The zero-order valence-electron chi connectivity index (χ0n) is 12.1. The number of ether oxygens (including phenoxy) is 1. The van der Waals surface area contributed by atoms with Gasteiger partial charge in [-0.05, 0) is 36.7 Å². The number of nitrogens with one attached hydrogen (secondary N) is 1. The van der Waals surface area contributed by atoms with E-state index in [1.165, 1.54) is 0 Å². The topological polar surface area (TPSA) is 41.5 Å². The standard InChI is InChI=1S/C17H20ClNO2/c1-2-9-19-11-13-7-8-15(10-16(13)18)21-17-6-4-3-5-14(17)12-20/h3-8,10,19-20H,2,9,11-12H2,1H3. The first-order valence-electron chi connectivity index (χ1n) is 7.10. The van der Waals surface area contributed by atoms with Crippen molar-refractivity contribution in [1.82, 2.24) is 5.32 Å². The molecule has 0 atom stereocenters. The third-order valence-corrected chi connectivity index (χ3v) is 3.49. The molecule has 0 aliphatic heterocycles. The number of aliphatic hydroxyl groups excluding tert-OH is 1. The minimum atomic E-state index is -0.0527. The molecule has 0 fully saturated rings. The summed E-state index contributed by atoms with van der Waals surface area (Å²) in [6, 6.07) is 13.1. The van der Waals surface area contributed by atoms with Crippen LogP contribution in [-0.2, 0) is 13.2 Å². The molecule has 2 aromatic rings. The number of para-hydroxylation sites is 1. The van der Waals surface area contributed by atoms with Gasteiger partial charge in [0.15, 0.2) is 0 Å². The average Bonchev–Trinajstić information content (AvgIpc) is 2.50. The van der Waals surface area contributed by atoms with E-state index in [2.05, 4.69) is 12.2 Å². The minimum absolute atomic E-state index is 0.0527. The van der Waals surface area contributed by atoms with Gasteiger partial charge in [0, 0.05) is 17.1 Å². The van der Waals surface area contributed by atoms with Crippen LogP contribution in [0, 0.1) is 0 Å². The summed E-state index contributed by atoms with van der Waals surface area (Å²) in [5, 5.41) is 13.3. The summed E-state index contributed by atoms with van der Waals surface area (Å²) in [4.78, 5) is 0. The van der Waals surface area contributed by atoms with Crippen LogP contribution in [0.5, 0.6) is 11.5 Å². The van der Waals surface area contributed by atoms with Crippen molar-refractivity contribution in [3.8, 4) is 11.5 Å². The molecule has 0 saturated heterocycles. The average molecular weight is 306 g/mol. The molecule has 0 saturated carbocycles. The summed E-state index contributed by atoms with van der Waals surface area (Å²) in [6.45, 7) is 3.80. The summed E-state index contributed by atoms with van der Waals surface area (Å²) in [5.41, 5.74) is 1.80. The van der Waals surface area contributed by atoms with Crippen molar-refractivity contribution in [2.75, 3.05) is 6.54 Å². The molecule has 112 valence electrons. The smallest absolute Gasteiger partial charge is 0.132 e. The Bertz CT molecular complexity index is 587. The van der Waals surface area contributed by atoms with Gasteiger partial charge in [0.1, 0.15) is 11.5 Å². The van der Waals surface area contributed by atoms with Crippen LogP contribution in [0.3, 0.4) is 0 Å². The Morgan fingerprint density at radius 1 is 1.14 bits per heavy atom. The highest BCUT2D eigenvalue weighted by molar-refractivity contribution is 6.31. The fraction of sp³-hybridized carbons (Fsp3) is 0.294. The fourth-order valence-electron chi connectivity index (χ4n) is 2.00. The van der Waals surface area contributed by atoms with Gasteiger partial charge in [-0.1, -0.05) is 42.8 Å². The normalized spacial score (nSPS) is 10.6. The molecule has 21 heavy (non-hydrogen) atoms. The van der Waals surface area contributed by atoms with Crippen LogP contribution in [0.4, 0.5) is 0 Å². The minimum Gasteiger partial charge on any atom is -0.457 e. The number of halogens is 1. The number of rotatable bonds is 7. The molecular weight excluding hydrogens is 286 g/mol. The maximum atomic E-state index is 9.30. The number of benzene rings is 2. The van der Waals surface area contributed by atoms with Crippen molar-refractivity contribution < 1.29 is 9.84 Å². The summed E-state index contributed by atoms with van der Waals surface area (Å²) in [6.07, 6.45) is 1.09. The van der Waals surface area contributed by atoms with E-state index in [0.717, 1.165) is 30.6 Å². The number of aliphatic hydroxyl groups is 1. The van der Waals surface area contributed by atoms with Gasteiger partial charge in [0.05, 0.1) is 6.61 Å². The summed E-state index contributed by atoms with van der Waals surface area (Å²) >= 11 is 6.28. The van der Waals surface area contributed by atoms with Crippen LogP contribution in [0.25, 0.3) is 0 Å². The van der Waals surface area contributed by atoms with Gasteiger partial charge in [-0.3, -0.25) is 0 Å². The summed E-state index contributed by atoms with van der Waals surface area (Å²) in [7, 11) is 0. The second-order valence-electron chi connectivity index (χ2n) is 4.80. The Morgan fingerprint density at radius 2 is 1.95 bits per heavy atom. The van der Waals surface area contributed by atoms with Crippen LogP contribution in [-0.4, -0.2) is 11.7 Å². The summed E-state index contributed by atoms with van der Waals surface area (Å²) in [5.74, 6) is 1.31. The van der Waals surface area contributed by atoms with Gasteiger partial charge in [-0.2, -0.15) is 0 Å². The van der Waals surface area contributed by atoms with Crippen LogP contribution in [0.2, 0.25) is 5.02 Å². The Labute approximate surface area is 130 Å². The third kappa shape index (κ3) is 4.46. The molecule has 2 N–H and O–H groups in total. The van der Waals surface area contributed by atoms with E-state index in [0.29, 0.717) is 16.5 Å². The van der Waals surface area contributed by atoms with Crippen molar-refractivity contribution in [3.05, 3.63) is 58.6 Å². The lowest BCUT2D eigenvalue weighted by atomic mass is 10.2. The molecule has 0 heterocycles. The number of hydrogen-bond donors (Lipinski definition) is 2. The first-order valence-corrected chi connectivity index (χ1v) is 7.48. The Balaban J connectivity index is 2.09. The van der Waals surface area contributed by atoms with Crippen LogP contribution < -0.4 is 10.1 Å². The Kier molecular flexibility index (Phi) is 6.05. The molecular formula is C17H20ClNO2. The fourth-order valence-corrected chi connectivity index (χ4v) is 2.23. The van der Waals surface area contributed by atoms with Crippen molar-refractivity contribution >= 4 is 11.6 Å². The van der Waals surface area contributed by atoms with E-state index in [1.54, 1.807) is 6.07 Å². The highest BCUT2D eigenvalue weighted by Gasteiger charge is 2.06. The monoisotopic (exact) mass is 305 g/mol. The highest BCUT2D eigenvalue weighted by Crippen LogP contribution is 2.29. The first kappa shape index (κ1) is 15.8. The van der Waals surface area contributed by atoms with Crippen LogP contribution >= 0.6 is 11.6 Å². The molecule has 2 rings (SSSR count). The molecule has 4 heteroatoms. The lowest BCUT2D eigenvalue weighted by Crippen LogP contribution is -2.13. The Hall–Kier alpha value is -1.55. The lowest BCUT2D eigenvalue weighted by molar-refractivity contribution is 0.276. The van der Waals surface area contributed by atoms with Gasteiger partial charge >= 0.3 is 0 Å². The van der Waals surface area contributed by atoms with Gasteiger partial charge < -0.3 is 15.2 Å². The predicted octanol–water partition coefficient (Wildman–Crippen LogP) is 4.12. The summed E-state index contributed by atoms with van der Waals surface area (Å²) < 4.78 is 5.80. The molecule has 0 radical (unpaired) electrons. The largest absolute Gasteiger partial charge is 0.457 e. The molecule has 0 amide bonds. The van der Waals surface area contributed by atoms with E-state index < -0.39 is 0 Å². The van der Waals surface area contributed by atoms with Crippen molar-refractivity contribution in [3.63, 3.8) is 0 Å². The first-order chi connectivity index (χ1) is 10.2. The van der Waals surface area contributed by atoms with E-state index in [1.807, 2.05) is 36.4 Å². The molecule has 0 unspecified atom stereocenters. The van der Waals surface area contributed by atoms with E-state index in [9.17, 15) is 5.11 Å². The van der Waals surface area contributed by atoms with Gasteiger partial charge in [-0.25, -0.2) is 0 Å². The SMILES string of the molecule is CCCNCc1ccc(Oc2ccccc2CO)cc1Cl. The maximum absolute atomic E-state index is 9.30. The van der Waals surface area contributed by atoms with Crippen LogP contribution in [0.15, 0.2) is 42.5 Å². The molecule has 0 bridgehead atoms. The molecule has 0 aliphatic carbocycles. The van der Waals surface area contributed by atoms with Crippen LogP contribution in [0.1, 0.15) is 24.5 Å². The zero-order chi connectivity index (χ0) is 15.1. The number of hydrogen-bond acceptors (Lipinski definition) is 3. The maximum Gasteiger partial charge on any atom is 0.132 e. The molecule has 0 spiro atoms. The van der Waals surface area contributed by atoms with Gasteiger partial charge in [0.25, 0.3) is 0 Å². The highest BCUT2D eigenvalue weighted by atomic mass is 35.5. The molecule has 0 aromatic heterocycles. The van der Waals surface area contributed by atoms with Gasteiger partial charge in [-0.15, -0.1) is 0 Å². The van der Waals surface area contributed by atoms with E-state index >= 15 is 0 Å². The van der Waals surface area contributed by atoms with Crippen molar-refractivity contribution in [1.29, 1.82) is 0 Å². The third-order valence-electron chi connectivity index (χ3n) is 3.14. The zero-order valence-corrected chi connectivity index (χ0v) is 12.9. The Morgan fingerprint density at radius 3 is 2.67 bits per heavy atom.